The minimum Gasteiger partial charge on any atom is -0.382 e. The van der Waals surface area contributed by atoms with Crippen molar-refractivity contribution in [2.75, 3.05) is 5.73 Å². The second kappa shape index (κ2) is 5.86. The van der Waals surface area contributed by atoms with Gasteiger partial charge in [-0.2, -0.15) is 0 Å². The highest BCUT2D eigenvalue weighted by Gasteiger charge is 2.10. The number of hydrogen-bond donors (Lipinski definition) is 3. The largest absolute Gasteiger partial charge is 0.382 e. The molecular formula is C10H12ClN5O. The quantitative estimate of drug-likeness (QED) is 0.752. The van der Waals surface area contributed by atoms with Crippen LogP contribution < -0.4 is 11.1 Å². The second-order valence-electron chi connectivity index (χ2n) is 3.20. The summed E-state index contributed by atoms with van der Waals surface area (Å²) < 4.78 is 0. The molecule has 1 amide bonds. The Hall–Kier alpha value is -2.08. The maximum atomic E-state index is 11.6. The van der Waals surface area contributed by atoms with E-state index < -0.39 is 0 Å². The number of nitrogen functional groups attached to an aromatic ring is 1. The number of amides is 1. The van der Waals surface area contributed by atoms with Gasteiger partial charge in [-0.1, -0.05) is 0 Å². The molecule has 0 saturated heterocycles. The Morgan fingerprint density at radius 1 is 1.41 bits per heavy atom. The molecule has 6 nitrogen and oxygen atoms in total. The predicted molar refractivity (Wildman–Crippen MR) is 65.7 cm³/mol. The smallest absolute Gasteiger partial charge is 0.271 e. The Balaban J connectivity index is 0.00000144. The number of carbonyl (C=O) groups is 1. The van der Waals surface area contributed by atoms with E-state index in [0.29, 0.717) is 6.54 Å². The summed E-state index contributed by atoms with van der Waals surface area (Å²) >= 11 is 0. The highest BCUT2D eigenvalue weighted by Crippen LogP contribution is 2.04. The second-order valence-corrected chi connectivity index (χ2v) is 3.20. The standard InChI is InChI=1S/C10H11N5O.ClH/c11-9-8(14-6-15-9)10(16)13-5-7-1-3-12-4-2-7;/h1-4,6H,5,11H2,(H,13,16)(H,14,15);1H. The fraction of sp³-hybridized carbons (Fsp3) is 0.100. The molecular weight excluding hydrogens is 242 g/mol. The van der Waals surface area contributed by atoms with Gasteiger partial charge in [0.2, 0.25) is 0 Å². The highest BCUT2D eigenvalue weighted by molar-refractivity contribution is 5.96. The molecule has 2 rings (SSSR count). The summed E-state index contributed by atoms with van der Waals surface area (Å²) in [5.74, 6) is -0.0703. The van der Waals surface area contributed by atoms with Crippen LogP contribution >= 0.6 is 12.4 Å². The van der Waals surface area contributed by atoms with Crippen LogP contribution in [0.3, 0.4) is 0 Å². The lowest BCUT2D eigenvalue weighted by Gasteiger charge is -2.03. The summed E-state index contributed by atoms with van der Waals surface area (Å²) in [6.07, 6.45) is 4.73. The van der Waals surface area contributed by atoms with Crippen LogP contribution in [0.25, 0.3) is 0 Å². The van der Waals surface area contributed by atoms with Gasteiger partial charge in [0.1, 0.15) is 5.69 Å². The van der Waals surface area contributed by atoms with E-state index in [1.165, 1.54) is 6.33 Å². The lowest BCUT2D eigenvalue weighted by molar-refractivity contribution is 0.0947. The molecule has 0 aliphatic heterocycles. The van der Waals surface area contributed by atoms with Gasteiger partial charge in [0.25, 0.3) is 5.91 Å². The normalized spacial score (nSPS) is 9.41. The number of carbonyl (C=O) groups excluding carboxylic acids is 1. The molecule has 2 aromatic rings. The zero-order chi connectivity index (χ0) is 11.4. The van der Waals surface area contributed by atoms with Crippen molar-refractivity contribution >= 4 is 24.1 Å². The van der Waals surface area contributed by atoms with Crippen molar-refractivity contribution in [3.05, 3.63) is 42.1 Å². The average Bonchev–Trinajstić information content (AvgIpc) is 2.74. The van der Waals surface area contributed by atoms with Crippen LogP contribution in [0.4, 0.5) is 5.82 Å². The molecule has 0 aliphatic carbocycles. The summed E-state index contributed by atoms with van der Waals surface area (Å²) in [5, 5.41) is 2.72. The Bertz CT molecular complexity index is 484. The van der Waals surface area contributed by atoms with Gasteiger partial charge in [-0.05, 0) is 17.7 Å². The van der Waals surface area contributed by atoms with Crippen molar-refractivity contribution in [1.82, 2.24) is 20.3 Å². The van der Waals surface area contributed by atoms with Gasteiger partial charge >= 0.3 is 0 Å². The molecule has 17 heavy (non-hydrogen) atoms. The van der Waals surface area contributed by atoms with Gasteiger partial charge in [0, 0.05) is 18.9 Å². The minimum absolute atomic E-state index is 0. The summed E-state index contributed by atoms with van der Waals surface area (Å²) in [6, 6.07) is 3.66. The number of aromatic amines is 1. The van der Waals surface area contributed by atoms with Crippen molar-refractivity contribution in [3.63, 3.8) is 0 Å². The molecule has 0 atom stereocenters. The van der Waals surface area contributed by atoms with Crippen molar-refractivity contribution in [3.8, 4) is 0 Å². The van der Waals surface area contributed by atoms with Crippen LogP contribution in [0.1, 0.15) is 16.1 Å². The van der Waals surface area contributed by atoms with E-state index in [9.17, 15) is 4.79 Å². The van der Waals surface area contributed by atoms with Crippen LogP contribution in [0.2, 0.25) is 0 Å². The molecule has 0 saturated carbocycles. The number of H-pyrrole nitrogens is 1. The number of anilines is 1. The molecule has 0 bridgehead atoms. The number of halogens is 1. The minimum atomic E-state index is -0.271. The third kappa shape index (κ3) is 3.18. The number of nitrogens with two attached hydrogens (primary N) is 1. The molecule has 0 aromatic carbocycles. The van der Waals surface area contributed by atoms with E-state index in [1.807, 2.05) is 12.1 Å². The van der Waals surface area contributed by atoms with Crippen molar-refractivity contribution < 1.29 is 4.79 Å². The molecule has 0 radical (unpaired) electrons. The summed E-state index contributed by atoms with van der Waals surface area (Å²) in [5.41, 5.74) is 6.76. The van der Waals surface area contributed by atoms with E-state index in [0.717, 1.165) is 5.56 Å². The highest BCUT2D eigenvalue weighted by atomic mass is 35.5. The number of hydrogen-bond acceptors (Lipinski definition) is 4. The molecule has 7 heteroatoms. The molecule has 90 valence electrons. The van der Waals surface area contributed by atoms with Crippen LogP contribution in [0, 0.1) is 0 Å². The number of rotatable bonds is 3. The van der Waals surface area contributed by atoms with Gasteiger partial charge in [-0.15, -0.1) is 12.4 Å². The summed E-state index contributed by atoms with van der Waals surface area (Å²) in [4.78, 5) is 21.9. The monoisotopic (exact) mass is 253 g/mol. The number of nitrogens with one attached hydrogen (secondary N) is 2. The summed E-state index contributed by atoms with van der Waals surface area (Å²) in [7, 11) is 0. The van der Waals surface area contributed by atoms with Gasteiger partial charge in [0.15, 0.2) is 5.82 Å². The number of nitrogens with zero attached hydrogens (tertiary/aromatic N) is 2. The van der Waals surface area contributed by atoms with E-state index in [1.54, 1.807) is 12.4 Å². The van der Waals surface area contributed by atoms with E-state index in [-0.39, 0.29) is 29.8 Å². The first-order chi connectivity index (χ1) is 7.77. The third-order valence-corrected chi connectivity index (χ3v) is 2.10. The van der Waals surface area contributed by atoms with E-state index in [2.05, 4.69) is 20.3 Å². The zero-order valence-electron chi connectivity index (χ0n) is 8.88. The Morgan fingerprint density at radius 3 is 2.71 bits per heavy atom. The van der Waals surface area contributed by atoms with E-state index in [4.69, 9.17) is 5.73 Å². The van der Waals surface area contributed by atoms with E-state index >= 15 is 0 Å². The van der Waals surface area contributed by atoms with Crippen molar-refractivity contribution in [1.29, 1.82) is 0 Å². The maximum absolute atomic E-state index is 11.6. The Kier molecular flexibility index (Phi) is 4.47. The molecule has 0 aliphatic rings. The number of imidazole rings is 1. The number of pyridine rings is 1. The average molecular weight is 254 g/mol. The lowest BCUT2D eigenvalue weighted by atomic mass is 10.2. The molecule has 2 heterocycles. The first kappa shape index (κ1) is 13.0. The predicted octanol–water partition coefficient (Wildman–Crippen LogP) is 0.739. The fourth-order valence-electron chi connectivity index (χ4n) is 1.26. The van der Waals surface area contributed by atoms with Crippen molar-refractivity contribution in [2.45, 2.75) is 6.54 Å². The lowest BCUT2D eigenvalue weighted by Crippen LogP contribution is -2.24. The van der Waals surface area contributed by atoms with Gasteiger partial charge in [0.05, 0.1) is 6.33 Å². The molecule has 2 aromatic heterocycles. The van der Waals surface area contributed by atoms with Crippen LogP contribution in [-0.4, -0.2) is 20.9 Å². The Morgan fingerprint density at radius 2 is 2.12 bits per heavy atom. The molecule has 0 fully saturated rings. The van der Waals surface area contributed by atoms with Crippen LogP contribution in [0.15, 0.2) is 30.9 Å². The van der Waals surface area contributed by atoms with Crippen LogP contribution in [0.5, 0.6) is 0 Å². The first-order valence-electron chi connectivity index (χ1n) is 4.73. The molecule has 4 N–H and O–H groups in total. The maximum Gasteiger partial charge on any atom is 0.271 e. The van der Waals surface area contributed by atoms with Crippen LogP contribution in [-0.2, 0) is 6.54 Å². The summed E-state index contributed by atoms with van der Waals surface area (Å²) in [6.45, 7) is 0.430. The SMILES string of the molecule is Cl.Nc1nc[nH]c1C(=O)NCc1ccncc1. The number of aromatic nitrogens is 3. The van der Waals surface area contributed by atoms with Crippen molar-refractivity contribution in [2.24, 2.45) is 0 Å². The van der Waals surface area contributed by atoms with Gasteiger partial charge in [-0.3, -0.25) is 9.78 Å². The topological polar surface area (TPSA) is 96.7 Å². The molecule has 0 spiro atoms. The van der Waals surface area contributed by atoms with Gasteiger partial charge < -0.3 is 16.0 Å². The third-order valence-electron chi connectivity index (χ3n) is 2.10. The fourth-order valence-corrected chi connectivity index (χ4v) is 1.26. The molecule has 0 unspecified atom stereocenters. The Labute approximate surface area is 104 Å². The van der Waals surface area contributed by atoms with Gasteiger partial charge in [-0.25, -0.2) is 4.98 Å². The zero-order valence-corrected chi connectivity index (χ0v) is 9.70. The first-order valence-corrected chi connectivity index (χ1v) is 4.73.